The molecule has 7 heteroatoms. The quantitative estimate of drug-likeness (QED) is 0.894. The zero-order chi connectivity index (χ0) is 13.3. The maximum absolute atomic E-state index is 13.6. The average molecular weight is 269 g/mol. The number of rotatable bonds is 3. The fraction of sp³-hybridized carbons (Fsp3) is 0.182. The van der Waals surface area contributed by atoms with Crippen LogP contribution in [0.5, 0.6) is 0 Å². The van der Waals surface area contributed by atoms with E-state index in [-0.39, 0.29) is 10.6 Å². The van der Waals surface area contributed by atoms with Gasteiger partial charge in [0.2, 0.25) is 0 Å². The average Bonchev–Trinajstić information content (AvgIpc) is 2.69. The fourth-order valence-electron chi connectivity index (χ4n) is 1.51. The first-order chi connectivity index (χ1) is 8.40. The third-order valence-corrected chi connectivity index (χ3v) is 3.92. The highest BCUT2D eigenvalue weighted by molar-refractivity contribution is 7.92. The number of aromatic amines is 1. The van der Waals surface area contributed by atoms with Crippen LogP contribution in [0.3, 0.4) is 0 Å². The molecule has 1 aromatic carbocycles. The molecule has 2 N–H and O–H groups in total. The van der Waals surface area contributed by atoms with Crippen LogP contribution in [0.25, 0.3) is 0 Å². The first-order valence-electron chi connectivity index (χ1n) is 5.19. The van der Waals surface area contributed by atoms with Crippen molar-refractivity contribution in [3.8, 4) is 0 Å². The topological polar surface area (TPSA) is 74.8 Å². The van der Waals surface area contributed by atoms with Gasteiger partial charge < -0.3 is 0 Å². The number of benzene rings is 1. The van der Waals surface area contributed by atoms with E-state index >= 15 is 0 Å². The third kappa shape index (κ3) is 2.35. The molecule has 0 aliphatic heterocycles. The van der Waals surface area contributed by atoms with Crippen molar-refractivity contribution >= 4 is 15.7 Å². The van der Waals surface area contributed by atoms with E-state index in [1.54, 1.807) is 19.9 Å². The molecule has 0 amide bonds. The summed E-state index contributed by atoms with van der Waals surface area (Å²) in [5.74, 6) is -0.611. The molecule has 1 heterocycles. The van der Waals surface area contributed by atoms with Crippen LogP contribution in [0.15, 0.2) is 29.3 Å². The van der Waals surface area contributed by atoms with E-state index in [1.807, 2.05) is 0 Å². The van der Waals surface area contributed by atoms with Crippen LogP contribution in [0, 0.1) is 19.7 Å². The summed E-state index contributed by atoms with van der Waals surface area (Å²) < 4.78 is 39.7. The SMILES string of the molecule is Cc1ccc(NS(=O)(=O)c2cn[nH]c2C)c(F)c1. The van der Waals surface area contributed by atoms with Gasteiger partial charge in [0.15, 0.2) is 0 Å². The van der Waals surface area contributed by atoms with Gasteiger partial charge in [0.25, 0.3) is 10.0 Å². The van der Waals surface area contributed by atoms with Gasteiger partial charge in [-0.3, -0.25) is 9.82 Å². The molecule has 96 valence electrons. The van der Waals surface area contributed by atoms with Crippen LogP contribution in [0.1, 0.15) is 11.3 Å². The lowest BCUT2D eigenvalue weighted by atomic mass is 10.2. The predicted octanol–water partition coefficient (Wildman–Crippen LogP) is 1.97. The Balaban J connectivity index is 2.37. The summed E-state index contributed by atoms with van der Waals surface area (Å²) in [6.07, 6.45) is 1.18. The predicted molar refractivity (Wildman–Crippen MR) is 65.3 cm³/mol. The van der Waals surface area contributed by atoms with Crippen LogP contribution in [-0.4, -0.2) is 18.6 Å². The number of nitrogens with one attached hydrogen (secondary N) is 2. The molecule has 0 saturated carbocycles. The maximum Gasteiger partial charge on any atom is 0.265 e. The molecule has 0 unspecified atom stereocenters. The number of sulfonamides is 1. The van der Waals surface area contributed by atoms with E-state index in [1.165, 1.54) is 18.3 Å². The summed E-state index contributed by atoms with van der Waals surface area (Å²) in [7, 11) is -3.82. The number of halogens is 1. The van der Waals surface area contributed by atoms with Gasteiger partial charge in [-0.15, -0.1) is 0 Å². The molecule has 0 aliphatic carbocycles. The number of aryl methyl sites for hydroxylation is 2. The molecule has 0 radical (unpaired) electrons. The number of anilines is 1. The van der Waals surface area contributed by atoms with Crippen molar-refractivity contribution < 1.29 is 12.8 Å². The van der Waals surface area contributed by atoms with Crippen molar-refractivity contribution in [2.75, 3.05) is 4.72 Å². The van der Waals surface area contributed by atoms with Gasteiger partial charge in [0, 0.05) is 0 Å². The summed E-state index contributed by atoms with van der Waals surface area (Å²) >= 11 is 0. The zero-order valence-corrected chi connectivity index (χ0v) is 10.7. The van der Waals surface area contributed by atoms with E-state index in [2.05, 4.69) is 14.9 Å². The second-order valence-electron chi connectivity index (χ2n) is 3.95. The Morgan fingerprint density at radius 2 is 2.06 bits per heavy atom. The van der Waals surface area contributed by atoms with Crippen molar-refractivity contribution in [1.29, 1.82) is 0 Å². The molecule has 0 spiro atoms. The van der Waals surface area contributed by atoms with Crippen LogP contribution in [0.4, 0.5) is 10.1 Å². The van der Waals surface area contributed by atoms with Crippen molar-refractivity contribution in [3.63, 3.8) is 0 Å². The normalized spacial score (nSPS) is 11.5. The standard InChI is InChI=1S/C11H12FN3O2S/c1-7-3-4-10(9(12)5-7)15-18(16,17)11-6-13-14-8(11)2/h3-6,15H,1-2H3,(H,13,14). The van der Waals surface area contributed by atoms with E-state index in [0.29, 0.717) is 5.69 Å². The highest BCUT2D eigenvalue weighted by Crippen LogP contribution is 2.20. The number of nitrogens with zero attached hydrogens (tertiary/aromatic N) is 1. The molecule has 1 aromatic heterocycles. The molecule has 0 atom stereocenters. The van der Waals surface area contributed by atoms with Crippen molar-refractivity contribution in [1.82, 2.24) is 10.2 Å². The van der Waals surface area contributed by atoms with Crippen molar-refractivity contribution in [3.05, 3.63) is 41.5 Å². The van der Waals surface area contributed by atoms with E-state index in [9.17, 15) is 12.8 Å². The molecular formula is C11H12FN3O2S. The number of aromatic nitrogens is 2. The van der Waals surface area contributed by atoms with E-state index in [0.717, 1.165) is 5.56 Å². The van der Waals surface area contributed by atoms with Gasteiger partial charge in [-0.05, 0) is 31.5 Å². The Labute approximate surface area is 104 Å². The van der Waals surface area contributed by atoms with E-state index < -0.39 is 15.8 Å². The van der Waals surface area contributed by atoms with Gasteiger partial charge in [-0.1, -0.05) is 6.07 Å². The minimum atomic E-state index is -3.82. The van der Waals surface area contributed by atoms with Gasteiger partial charge >= 0.3 is 0 Å². The lowest BCUT2D eigenvalue weighted by Gasteiger charge is -2.08. The lowest BCUT2D eigenvalue weighted by Crippen LogP contribution is -2.14. The molecule has 18 heavy (non-hydrogen) atoms. The van der Waals surface area contributed by atoms with Gasteiger partial charge in [0.1, 0.15) is 10.7 Å². The highest BCUT2D eigenvalue weighted by atomic mass is 32.2. The molecule has 0 bridgehead atoms. The minimum Gasteiger partial charge on any atom is -0.281 e. The summed E-state index contributed by atoms with van der Waals surface area (Å²) in [5.41, 5.74) is 1.03. The fourth-order valence-corrected chi connectivity index (χ4v) is 2.72. The summed E-state index contributed by atoms with van der Waals surface area (Å²) in [4.78, 5) is 0.00229. The first-order valence-corrected chi connectivity index (χ1v) is 6.67. The van der Waals surface area contributed by atoms with Crippen molar-refractivity contribution in [2.45, 2.75) is 18.7 Å². The Bertz CT molecular complexity index is 679. The van der Waals surface area contributed by atoms with Gasteiger partial charge in [-0.25, -0.2) is 12.8 Å². The molecule has 0 aliphatic rings. The molecule has 2 rings (SSSR count). The number of hydrogen-bond acceptors (Lipinski definition) is 3. The Hall–Kier alpha value is -1.89. The number of H-pyrrole nitrogens is 1. The van der Waals surface area contributed by atoms with Crippen LogP contribution in [0.2, 0.25) is 0 Å². The summed E-state index contributed by atoms with van der Waals surface area (Å²) in [6, 6.07) is 4.28. The smallest absolute Gasteiger partial charge is 0.265 e. The Kier molecular flexibility index (Phi) is 3.08. The minimum absolute atomic E-state index is 0.00229. The summed E-state index contributed by atoms with van der Waals surface area (Å²) in [6.45, 7) is 3.30. The first kappa shape index (κ1) is 12.6. The second-order valence-corrected chi connectivity index (χ2v) is 5.60. The Morgan fingerprint density at radius 3 is 2.61 bits per heavy atom. The molecule has 5 nitrogen and oxygen atoms in total. The summed E-state index contributed by atoms with van der Waals surface area (Å²) in [5, 5.41) is 6.15. The number of hydrogen-bond donors (Lipinski definition) is 2. The zero-order valence-electron chi connectivity index (χ0n) is 9.86. The lowest BCUT2D eigenvalue weighted by molar-refractivity contribution is 0.598. The van der Waals surface area contributed by atoms with Crippen LogP contribution in [-0.2, 0) is 10.0 Å². The molecule has 0 saturated heterocycles. The van der Waals surface area contributed by atoms with E-state index in [4.69, 9.17) is 0 Å². The third-order valence-electron chi connectivity index (χ3n) is 2.44. The monoisotopic (exact) mass is 269 g/mol. The highest BCUT2D eigenvalue weighted by Gasteiger charge is 2.19. The van der Waals surface area contributed by atoms with Crippen LogP contribution < -0.4 is 4.72 Å². The Morgan fingerprint density at radius 1 is 1.33 bits per heavy atom. The second kappa shape index (κ2) is 4.41. The molecule has 0 fully saturated rings. The van der Waals surface area contributed by atoms with Crippen molar-refractivity contribution in [2.24, 2.45) is 0 Å². The largest absolute Gasteiger partial charge is 0.281 e. The molecular weight excluding hydrogens is 257 g/mol. The van der Waals surface area contributed by atoms with Gasteiger partial charge in [-0.2, -0.15) is 5.10 Å². The van der Waals surface area contributed by atoms with Gasteiger partial charge in [0.05, 0.1) is 17.6 Å². The maximum atomic E-state index is 13.6. The van der Waals surface area contributed by atoms with Crippen LogP contribution >= 0.6 is 0 Å². The molecule has 2 aromatic rings.